The van der Waals surface area contributed by atoms with Gasteiger partial charge in [0.15, 0.2) is 5.96 Å². The zero-order valence-corrected chi connectivity index (χ0v) is 20.4. The number of amides is 3. The van der Waals surface area contributed by atoms with Gasteiger partial charge in [-0.15, -0.1) is 0 Å². The SMILES string of the molecule is Cc1cc(Cl)ccc1CNC(=O)NCc1ccc(CN2C(=O)C(C)(CC(C)C)N=C2N)cc1. The van der Waals surface area contributed by atoms with Gasteiger partial charge in [0.05, 0.1) is 6.54 Å². The van der Waals surface area contributed by atoms with E-state index in [1.54, 1.807) is 4.90 Å². The number of nitrogens with two attached hydrogens (primary N) is 1. The summed E-state index contributed by atoms with van der Waals surface area (Å²) in [5.74, 6) is 0.545. The number of aryl methyl sites for hydroxylation is 1. The van der Waals surface area contributed by atoms with Crippen LogP contribution < -0.4 is 16.4 Å². The number of carbonyl (C=O) groups excluding carboxylic acids is 2. The summed E-state index contributed by atoms with van der Waals surface area (Å²) in [6, 6.07) is 13.1. The molecule has 0 aromatic heterocycles. The van der Waals surface area contributed by atoms with Gasteiger partial charge in [0, 0.05) is 18.1 Å². The summed E-state index contributed by atoms with van der Waals surface area (Å²) < 4.78 is 0. The molecule has 0 bridgehead atoms. The molecular formula is C25H32ClN5O2. The molecule has 2 aromatic carbocycles. The normalized spacial score (nSPS) is 17.9. The van der Waals surface area contributed by atoms with Crippen LogP contribution in [0.15, 0.2) is 47.5 Å². The Labute approximate surface area is 200 Å². The number of carbonyl (C=O) groups is 2. The lowest BCUT2D eigenvalue weighted by Crippen LogP contribution is -2.43. The van der Waals surface area contributed by atoms with Crippen molar-refractivity contribution in [2.75, 3.05) is 0 Å². The monoisotopic (exact) mass is 469 g/mol. The molecule has 1 unspecified atom stereocenters. The molecule has 1 heterocycles. The first-order chi connectivity index (χ1) is 15.6. The molecule has 1 aliphatic heterocycles. The van der Waals surface area contributed by atoms with E-state index in [2.05, 4.69) is 29.5 Å². The Kier molecular flexibility index (Phi) is 7.64. The van der Waals surface area contributed by atoms with Crippen LogP contribution in [0, 0.1) is 12.8 Å². The summed E-state index contributed by atoms with van der Waals surface area (Å²) in [7, 11) is 0. The Morgan fingerprint density at radius 3 is 2.39 bits per heavy atom. The third-order valence-electron chi connectivity index (χ3n) is 5.71. The van der Waals surface area contributed by atoms with Crippen molar-refractivity contribution in [2.24, 2.45) is 16.6 Å². The second-order valence-electron chi connectivity index (χ2n) is 9.16. The van der Waals surface area contributed by atoms with Crippen molar-refractivity contribution in [3.63, 3.8) is 0 Å². The number of nitrogens with one attached hydrogen (secondary N) is 2. The molecule has 0 radical (unpaired) electrons. The molecule has 1 atom stereocenters. The van der Waals surface area contributed by atoms with E-state index >= 15 is 0 Å². The van der Waals surface area contributed by atoms with E-state index in [1.165, 1.54) is 0 Å². The third-order valence-corrected chi connectivity index (χ3v) is 5.95. The number of nitrogens with zero attached hydrogens (tertiary/aromatic N) is 2. The first-order valence-electron chi connectivity index (χ1n) is 11.1. The van der Waals surface area contributed by atoms with Crippen LogP contribution in [0.4, 0.5) is 4.79 Å². The predicted octanol–water partition coefficient (Wildman–Crippen LogP) is 4.11. The number of hydrogen-bond acceptors (Lipinski definition) is 4. The van der Waals surface area contributed by atoms with Gasteiger partial charge in [-0.3, -0.25) is 9.69 Å². The smallest absolute Gasteiger partial charge is 0.315 e. The fourth-order valence-corrected chi connectivity index (χ4v) is 4.29. The molecule has 0 saturated carbocycles. The van der Waals surface area contributed by atoms with Crippen molar-refractivity contribution in [3.05, 3.63) is 69.7 Å². The van der Waals surface area contributed by atoms with Gasteiger partial charge in [-0.05, 0) is 60.6 Å². The van der Waals surface area contributed by atoms with Crippen molar-refractivity contribution >= 4 is 29.5 Å². The Morgan fingerprint density at radius 2 is 1.76 bits per heavy atom. The van der Waals surface area contributed by atoms with Crippen LogP contribution in [0.3, 0.4) is 0 Å². The summed E-state index contributed by atoms with van der Waals surface area (Å²) in [6.45, 7) is 9.13. The predicted molar refractivity (Wildman–Crippen MR) is 132 cm³/mol. The Morgan fingerprint density at radius 1 is 1.12 bits per heavy atom. The molecule has 8 heteroatoms. The number of rotatable bonds is 8. The van der Waals surface area contributed by atoms with E-state index in [4.69, 9.17) is 17.3 Å². The lowest BCUT2D eigenvalue weighted by atomic mass is 9.91. The molecule has 7 nitrogen and oxygen atoms in total. The standard InChI is InChI=1S/C25H32ClN5O2/c1-16(2)12-25(4)22(32)31(23(27)30-25)15-19-7-5-18(6-8-19)13-28-24(33)29-14-20-9-10-21(26)11-17(20)3/h5-11,16H,12-15H2,1-4H3,(H2,27,30)(H2,28,29,33). The van der Waals surface area contributed by atoms with Crippen LogP contribution in [-0.2, 0) is 24.4 Å². The molecule has 176 valence electrons. The highest BCUT2D eigenvalue weighted by Crippen LogP contribution is 2.29. The van der Waals surface area contributed by atoms with E-state index in [0.29, 0.717) is 37.0 Å². The van der Waals surface area contributed by atoms with Crippen LogP contribution in [0.2, 0.25) is 5.02 Å². The molecule has 0 fully saturated rings. The van der Waals surface area contributed by atoms with E-state index in [0.717, 1.165) is 22.3 Å². The van der Waals surface area contributed by atoms with Crippen molar-refractivity contribution in [2.45, 2.75) is 59.3 Å². The average molecular weight is 470 g/mol. The van der Waals surface area contributed by atoms with Gasteiger partial charge in [-0.1, -0.05) is 55.8 Å². The minimum absolute atomic E-state index is 0.0629. The van der Waals surface area contributed by atoms with Crippen LogP contribution in [0.5, 0.6) is 0 Å². The van der Waals surface area contributed by atoms with Crippen molar-refractivity contribution in [1.29, 1.82) is 0 Å². The molecule has 3 amide bonds. The fraction of sp³-hybridized carbons (Fsp3) is 0.400. The highest BCUT2D eigenvalue weighted by Gasteiger charge is 2.43. The van der Waals surface area contributed by atoms with E-state index < -0.39 is 5.54 Å². The maximum Gasteiger partial charge on any atom is 0.315 e. The summed E-state index contributed by atoms with van der Waals surface area (Å²) in [4.78, 5) is 31.0. The molecular weight excluding hydrogens is 438 g/mol. The molecule has 0 spiro atoms. The first kappa shape index (κ1) is 24.6. The quantitative estimate of drug-likeness (QED) is 0.542. The molecule has 33 heavy (non-hydrogen) atoms. The largest absolute Gasteiger partial charge is 0.369 e. The number of halogens is 1. The molecule has 0 saturated heterocycles. The van der Waals surface area contributed by atoms with Gasteiger partial charge in [-0.2, -0.15) is 0 Å². The molecule has 4 N–H and O–H groups in total. The number of benzene rings is 2. The maximum atomic E-state index is 12.9. The fourth-order valence-electron chi connectivity index (χ4n) is 4.06. The Balaban J connectivity index is 1.50. The van der Waals surface area contributed by atoms with Crippen molar-refractivity contribution in [1.82, 2.24) is 15.5 Å². The summed E-state index contributed by atoms with van der Waals surface area (Å²) >= 11 is 5.97. The number of urea groups is 1. The number of hydrogen-bond donors (Lipinski definition) is 3. The van der Waals surface area contributed by atoms with Crippen LogP contribution in [0.25, 0.3) is 0 Å². The molecule has 1 aliphatic rings. The summed E-state index contributed by atoms with van der Waals surface area (Å²) in [6.07, 6.45) is 0.660. The number of guanidine groups is 1. The van der Waals surface area contributed by atoms with E-state index in [9.17, 15) is 9.59 Å². The lowest BCUT2D eigenvalue weighted by molar-refractivity contribution is -0.131. The van der Waals surface area contributed by atoms with Gasteiger partial charge in [0.2, 0.25) is 0 Å². The topological polar surface area (TPSA) is 99.8 Å². The van der Waals surface area contributed by atoms with Crippen LogP contribution >= 0.6 is 11.6 Å². The van der Waals surface area contributed by atoms with Gasteiger partial charge in [0.25, 0.3) is 5.91 Å². The highest BCUT2D eigenvalue weighted by atomic mass is 35.5. The molecule has 3 rings (SSSR count). The third kappa shape index (κ3) is 6.26. The minimum Gasteiger partial charge on any atom is -0.369 e. The zero-order valence-electron chi connectivity index (χ0n) is 19.6. The van der Waals surface area contributed by atoms with Gasteiger partial charge in [0.1, 0.15) is 5.54 Å². The van der Waals surface area contributed by atoms with E-state index in [1.807, 2.05) is 56.3 Å². The summed E-state index contributed by atoms with van der Waals surface area (Å²) in [5.41, 5.74) is 9.22. The van der Waals surface area contributed by atoms with Gasteiger partial charge >= 0.3 is 6.03 Å². The van der Waals surface area contributed by atoms with Crippen molar-refractivity contribution in [3.8, 4) is 0 Å². The highest BCUT2D eigenvalue weighted by molar-refractivity contribution is 6.30. The Hall–Kier alpha value is -3.06. The second-order valence-corrected chi connectivity index (χ2v) is 9.59. The van der Waals surface area contributed by atoms with Crippen molar-refractivity contribution < 1.29 is 9.59 Å². The maximum absolute atomic E-state index is 12.9. The minimum atomic E-state index is -0.792. The van der Waals surface area contributed by atoms with Gasteiger partial charge < -0.3 is 16.4 Å². The summed E-state index contributed by atoms with van der Waals surface area (Å²) in [5, 5.41) is 6.39. The van der Waals surface area contributed by atoms with Crippen LogP contribution in [0.1, 0.15) is 49.4 Å². The molecule has 2 aromatic rings. The number of aliphatic imine (C=N–C) groups is 1. The van der Waals surface area contributed by atoms with E-state index in [-0.39, 0.29) is 17.9 Å². The second kappa shape index (κ2) is 10.3. The van der Waals surface area contributed by atoms with Gasteiger partial charge in [-0.25, -0.2) is 9.79 Å². The van der Waals surface area contributed by atoms with Crippen LogP contribution in [-0.4, -0.2) is 28.3 Å². The lowest BCUT2D eigenvalue weighted by Gasteiger charge is -2.23. The Bertz CT molecular complexity index is 1050. The average Bonchev–Trinajstić information content (AvgIpc) is 2.94. The zero-order chi connectivity index (χ0) is 24.2. The molecule has 0 aliphatic carbocycles. The first-order valence-corrected chi connectivity index (χ1v) is 11.5.